The average Bonchev–Trinajstić information content (AvgIpc) is 2.19. The number of aliphatic carboxylic acids is 1. The lowest BCUT2D eigenvalue weighted by molar-refractivity contribution is -0.137. The predicted octanol–water partition coefficient (Wildman–Crippen LogP) is 2.76. The Morgan fingerprint density at radius 2 is 2.25 bits per heavy atom. The summed E-state index contributed by atoms with van der Waals surface area (Å²) in [4.78, 5) is 10.4. The quantitative estimate of drug-likeness (QED) is 0.896. The third-order valence-electron chi connectivity index (χ3n) is 2.27. The Kier molecular flexibility index (Phi) is 4.44. The second-order valence-electron chi connectivity index (χ2n) is 3.69. The van der Waals surface area contributed by atoms with Gasteiger partial charge < -0.3 is 10.8 Å². The van der Waals surface area contributed by atoms with Crippen molar-refractivity contribution >= 4 is 21.9 Å². The lowest BCUT2D eigenvalue weighted by Gasteiger charge is -2.14. The maximum Gasteiger partial charge on any atom is 0.303 e. The fourth-order valence-corrected chi connectivity index (χ4v) is 1.98. The van der Waals surface area contributed by atoms with Crippen LogP contribution in [0.5, 0.6) is 0 Å². The van der Waals surface area contributed by atoms with Gasteiger partial charge in [-0.1, -0.05) is 6.07 Å². The van der Waals surface area contributed by atoms with E-state index in [0.29, 0.717) is 10.0 Å². The summed E-state index contributed by atoms with van der Waals surface area (Å²) in [6, 6.07) is 2.69. The smallest absolute Gasteiger partial charge is 0.303 e. The molecular weight excluding hydrogens is 277 g/mol. The number of halogens is 2. The zero-order chi connectivity index (χ0) is 12.3. The molecule has 3 N–H and O–H groups in total. The number of aryl methyl sites for hydroxylation is 1. The van der Waals surface area contributed by atoms with Crippen LogP contribution in [0.4, 0.5) is 4.39 Å². The molecule has 0 amide bonds. The van der Waals surface area contributed by atoms with Crippen molar-refractivity contribution in [3.8, 4) is 0 Å². The Labute approximate surface area is 102 Å². The highest BCUT2D eigenvalue weighted by atomic mass is 79.9. The minimum absolute atomic E-state index is 0.0246. The second kappa shape index (κ2) is 5.41. The largest absolute Gasteiger partial charge is 0.481 e. The van der Waals surface area contributed by atoms with E-state index < -0.39 is 12.0 Å². The topological polar surface area (TPSA) is 63.3 Å². The summed E-state index contributed by atoms with van der Waals surface area (Å²) in [5.41, 5.74) is 7.20. The van der Waals surface area contributed by atoms with Gasteiger partial charge in [0.25, 0.3) is 0 Å². The molecule has 1 rings (SSSR count). The van der Waals surface area contributed by atoms with Crippen molar-refractivity contribution < 1.29 is 14.3 Å². The summed E-state index contributed by atoms with van der Waals surface area (Å²) in [5, 5.41) is 8.55. The van der Waals surface area contributed by atoms with E-state index in [2.05, 4.69) is 15.9 Å². The molecule has 0 fully saturated rings. The van der Waals surface area contributed by atoms with Gasteiger partial charge in [0.1, 0.15) is 5.82 Å². The number of hydrogen-bond donors (Lipinski definition) is 2. The van der Waals surface area contributed by atoms with Crippen molar-refractivity contribution in [2.24, 2.45) is 5.73 Å². The zero-order valence-electron chi connectivity index (χ0n) is 8.84. The van der Waals surface area contributed by atoms with Gasteiger partial charge in [0.15, 0.2) is 0 Å². The Morgan fingerprint density at radius 3 is 2.81 bits per heavy atom. The van der Waals surface area contributed by atoms with Crippen LogP contribution in [0.2, 0.25) is 0 Å². The van der Waals surface area contributed by atoms with E-state index in [1.807, 2.05) is 0 Å². The molecule has 1 aromatic carbocycles. The summed E-state index contributed by atoms with van der Waals surface area (Å²) in [7, 11) is 0. The highest BCUT2D eigenvalue weighted by molar-refractivity contribution is 9.10. The fourth-order valence-electron chi connectivity index (χ4n) is 1.46. The number of nitrogens with two attached hydrogens (primary N) is 1. The summed E-state index contributed by atoms with van der Waals surface area (Å²) in [6.45, 7) is 1.77. The van der Waals surface area contributed by atoms with E-state index in [1.165, 1.54) is 6.07 Å². The molecule has 0 aliphatic heterocycles. The summed E-state index contributed by atoms with van der Waals surface area (Å²) >= 11 is 3.12. The molecule has 0 aromatic heterocycles. The van der Waals surface area contributed by atoms with Crippen molar-refractivity contribution in [3.05, 3.63) is 33.5 Å². The Balaban J connectivity index is 2.90. The van der Waals surface area contributed by atoms with Crippen LogP contribution >= 0.6 is 15.9 Å². The first kappa shape index (κ1) is 13.1. The van der Waals surface area contributed by atoms with Crippen molar-refractivity contribution in [2.45, 2.75) is 25.8 Å². The first-order chi connectivity index (χ1) is 7.41. The Hall–Kier alpha value is -0.940. The Morgan fingerprint density at radius 1 is 1.62 bits per heavy atom. The van der Waals surface area contributed by atoms with Gasteiger partial charge in [-0.25, -0.2) is 4.39 Å². The molecule has 16 heavy (non-hydrogen) atoms. The standard InChI is InChI=1S/C11H13BrFNO2/c1-6-4-7(11(12)8(13)5-6)9(14)2-3-10(15)16/h4-5,9H,2-3,14H2,1H3,(H,15,16). The Bertz CT molecular complexity index is 409. The van der Waals surface area contributed by atoms with Crippen molar-refractivity contribution in [2.75, 3.05) is 0 Å². The molecule has 1 unspecified atom stereocenters. The summed E-state index contributed by atoms with van der Waals surface area (Å²) < 4.78 is 13.7. The minimum Gasteiger partial charge on any atom is -0.481 e. The highest BCUT2D eigenvalue weighted by Gasteiger charge is 2.15. The molecule has 0 bridgehead atoms. The molecule has 0 aliphatic rings. The molecule has 88 valence electrons. The van der Waals surface area contributed by atoms with Crippen LogP contribution in [0, 0.1) is 12.7 Å². The van der Waals surface area contributed by atoms with Gasteiger partial charge in [-0.15, -0.1) is 0 Å². The number of carboxylic acid groups (broad SMARTS) is 1. The molecular formula is C11H13BrFNO2. The van der Waals surface area contributed by atoms with E-state index in [9.17, 15) is 9.18 Å². The molecule has 0 heterocycles. The van der Waals surface area contributed by atoms with Crippen LogP contribution in [0.15, 0.2) is 16.6 Å². The molecule has 0 aliphatic carbocycles. The van der Waals surface area contributed by atoms with Gasteiger partial charge in [0.05, 0.1) is 4.47 Å². The van der Waals surface area contributed by atoms with Crippen LogP contribution in [0.25, 0.3) is 0 Å². The lowest BCUT2D eigenvalue weighted by Crippen LogP contribution is -2.13. The highest BCUT2D eigenvalue weighted by Crippen LogP contribution is 2.28. The maximum absolute atomic E-state index is 13.4. The zero-order valence-corrected chi connectivity index (χ0v) is 10.4. The average molecular weight is 290 g/mol. The fraction of sp³-hybridized carbons (Fsp3) is 0.364. The van der Waals surface area contributed by atoms with Crippen LogP contribution in [0.1, 0.15) is 30.0 Å². The number of carboxylic acids is 1. The van der Waals surface area contributed by atoms with Crippen LogP contribution in [-0.4, -0.2) is 11.1 Å². The van der Waals surface area contributed by atoms with Crippen LogP contribution in [0.3, 0.4) is 0 Å². The predicted molar refractivity (Wildman–Crippen MR) is 62.6 cm³/mol. The first-order valence-corrected chi connectivity index (χ1v) is 5.64. The number of benzene rings is 1. The lowest BCUT2D eigenvalue weighted by atomic mass is 10.0. The van der Waals surface area contributed by atoms with Gasteiger partial charge in [0, 0.05) is 12.5 Å². The van der Waals surface area contributed by atoms with Crippen molar-refractivity contribution in [1.82, 2.24) is 0 Å². The first-order valence-electron chi connectivity index (χ1n) is 4.84. The van der Waals surface area contributed by atoms with E-state index in [0.717, 1.165) is 5.56 Å². The normalized spacial score (nSPS) is 12.5. The van der Waals surface area contributed by atoms with E-state index in [-0.39, 0.29) is 18.7 Å². The monoisotopic (exact) mass is 289 g/mol. The maximum atomic E-state index is 13.4. The molecule has 3 nitrogen and oxygen atoms in total. The van der Waals surface area contributed by atoms with Gasteiger partial charge in [-0.2, -0.15) is 0 Å². The molecule has 1 atom stereocenters. The second-order valence-corrected chi connectivity index (χ2v) is 4.48. The van der Waals surface area contributed by atoms with Crippen molar-refractivity contribution in [3.63, 3.8) is 0 Å². The minimum atomic E-state index is -0.903. The SMILES string of the molecule is Cc1cc(F)c(Br)c(C(N)CCC(=O)O)c1. The van der Waals surface area contributed by atoms with Gasteiger partial charge in [-0.05, 0) is 46.5 Å². The molecule has 0 spiro atoms. The van der Waals surface area contributed by atoms with Gasteiger partial charge in [-0.3, -0.25) is 4.79 Å². The number of rotatable bonds is 4. The van der Waals surface area contributed by atoms with Gasteiger partial charge >= 0.3 is 5.97 Å². The van der Waals surface area contributed by atoms with Crippen LogP contribution < -0.4 is 5.73 Å². The molecule has 0 saturated heterocycles. The van der Waals surface area contributed by atoms with Gasteiger partial charge in [0.2, 0.25) is 0 Å². The van der Waals surface area contributed by atoms with Crippen LogP contribution in [-0.2, 0) is 4.79 Å². The number of carbonyl (C=O) groups is 1. The molecule has 0 radical (unpaired) electrons. The van der Waals surface area contributed by atoms with Crippen molar-refractivity contribution in [1.29, 1.82) is 0 Å². The van der Waals surface area contributed by atoms with E-state index in [1.54, 1.807) is 13.0 Å². The number of hydrogen-bond acceptors (Lipinski definition) is 2. The third-order valence-corrected chi connectivity index (χ3v) is 3.11. The molecule has 0 saturated carbocycles. The summed E-state index contributed by atoms with van der Waals surface area (Å²) in [6.07, 6.45) is 0.264. The third kappa shape index (κ3) is 3.28. The molecule has 1 aromatic rings. The van der Waals surface area contributed by atoms with E-state index in [4.69, 9.17) is 10.8 Å². The van der Waals surface area contributed by atoms with E-state index >= 15 is 0 Å². The summed E-state index contributed by atoms with van der Waals surface area (Å²) in [5.74, 6) is -1.28. The molecule has 5 heteroatoms.